The summed E-state index contributed by atoms with van der Waals surface area (Å²) in [5.74, 6) is -0.996. The molecule has 0 heterocycles. The summed E-state index contributed by atoms with van der Waals surface area (Å²) < 4.78 is 13.0. The number of carbonyl (C=O) groups is 1. The number of aromatic hydroxyl groups is 1. The van der Waals surface area contributed by atoms with E-state index in [2.05, 4.69) is 10.6 Å². The Morgan fingerprint density at radius 2 is 2.17 bits per heavy atom. The van der Waals surface area contributed by atoms with E-state index >= 15 is 0 Å². The van der Waals surface area contributed by atoms with E-state index in [1.807, 2.05) is 13.8 Å². The third-order valence-corrected chi connectivity index (χ3v) is 2.36. The van der Waals surface area contributed by atoms with Crippen LogP contribution in [0, 0.1) is 5.82 Å². The highest BCUT2D eigenvalue weighted by Gasteiger charge is 2.06. The first-order valence-electron chi connectivity index (χ1n) is 5.97. The molecule has 0 atom stereocenters. The van der Waals surface area contributed by atoms with Crippen molar-refractivity contribution in [1.82, 2.24) is 10.6 Å². The maximum atomic E-state index is 13.0. The molecule has 1 rings (SSSR count). The average Bonchev–Trinajstić information content (AvgIpc) is 2.29. The topological polar surface area (TPSA) is 61.4 Å². The molecule has 0 radical (unpaired) electrons. The van der Waals surface area contributed by atoms with Crippen molar-refractivity contribution in [2.24, 2.45) is 0 Å². The van der Waals surface area contributed by atoms with Gasteiger partial charge in [0.05, 0.1) is 0 Å². The number of nitrogens with one attached hydrogen (secondary N) is 2. The Morgan fingerprint density at radius 3 is 2.83 bits per heavy atom. The van der Waals surface area contributed by atoms with Crippen molar-refractivity contribution in [2.45, 2.75) is 32.9 Å². The lowest BCUT2D eigenvalue weighted by molar-refractivity contribution is -0.121. The molecule has 3 N–H and O–H groups in total. The highest BCUT2D eigenvalue weighted by Crippen LogP contribution is 2.20. The second-order valence-corrected chi connectivity index (χ2v) is 4.40. The van der Waals surface area contributed by atoms with Gasteiger partial charge in [0.15, 0.2) is 11.6 Å². The number of hydrogen-bond donors (Lipinski definition) is 3. The number of benzene rings is 1. The first kappa shape index (κ1) is 14.4. The standard InChI is InChI=1S/C13H19FN2O2/c1-9(2)16-12(17)6-7-15-8-10-4-3-5-11(14)13(10)18/h3-5,9,15,18H,6-8H2,1-2H3,(H,16,17). The van der Waals surface area contributed by atoms with Gasteiger partial charge in [0.1, 0.15) is 0 Å². The van der Waals surface area contributed by atoms with Crippen molar-refractivity contribution in [3.8, 4) is 5.75 Å². The molecule has 5 heteroatoms. The van der Waals surface area contributed by atoms with E-state index in [1.54, 1.807) is 6.07 Å². The molecule has 0 bridgehead atoms. The molecule has 0 unspecified atom stereocenters. The van der Waals surface area contributed by atoms with Gasteiger partial charge in [-0.1, -0.05) is 12.1 Å². The van der Waals surface area contributed by atoms with Gasteiger partial charge in [0.2, 0.25) is 5.91 Å². The maximum absolute atomic E-state index is 13.0. The largest absolute Gasteiger partial charge is 0.505 e. The van der Waals surface area contributed by atoms with Crippen molar-refractivity contribution < 1.29 is 14.3 Å². The summed E-state index contributed by atoms with van der Waals surface area (Å²) in [7, 11) is 0. The van der Waals surface area contributed by atoms with Crippen LogP contribution < -0.4 is 10.6 Å². The molecule has 1 aromatic carbocycles. The van der Waals surface area contributed by atoms with Crippen LogP contribution in [0.4, 0.5) is 4.39 Å². The number of amides is 1. The number of halogens is 1. The van der Waals surface area contributed by atoms with Crippen molar-refractivity contribution in [3.63, 3.8) is 0 Å². The predicted molar refractivity (Wildman–Crippen MR) is 67.7 cm³/mol. The first-order chi connectivity index (χ1) is 8.50. The average molecular weight is 254 g/mol. The third-order valence-electron chi connectivity index (χ3n) is 2.36. The maximum Gasteiger partial charge on any atom is 0.221 e. The van der Waals surface area contributed by atoms with Gasteiger partial charge in [0.25, 0.3) is 0 Å². The van der Waals surface area contributed by atoms with E-state index in [0.717, 1.165) is 0 Å². The lowest BCUT2D eigenvalue weighted by Gasteiger charge is -2.09. The molecule has 0 aliphatic heterocycles. The van der Waals surface area contributed by atoms with E-state index in [0.29, 0.717) is 25.1 Å². The van der Waals surface area contributed by atoms with Crippen LogP contribution in [0.1, 0.15) is 25.8 Å². The summed E-state index contributed by atoms with van der Waals surface area (Å²) >= 11 is 0. The quantitative estimate of drug-likeness (QED) is 0.675. The van der Waals surface area contributed by atoms with E-state index in [9.17, 15) is 14.3 Å². The molecule has 0 aromatic heterocycles. The lowest BCUT2D eigenvalue weighted by atomic mass is 10.2. The zero-order valence-corrected chi connectivity index (χ0v) is 10.7. The molecular formula is C13H19FN2O2. The van der Waals surface area contributed by atoms with Crippen LogP contribution >= 0.6 is 0 Å². The van der Waals surface area contributed by atoms with E-state index in [1.165, 1.54) is 12.1 Å². The predicted octanol–water partition coefficient (Wildman–Crippen LogP) is 1.54. The molecule has 0 aliphatic rings. The van der Waals surface area contributed by atoms with Crippen LogP contribution in [-0.2, 0) is 11.3 Å². The van der Waals surface area contributed by atoms with Gasteiger partial charge in [-0.05, 0) is 19.9 Å². The van der Waals surface area contributed by atoms with Crippen molar-refractivity contribution in [2.75, 3.05) is 6.54 Å². The first-order valence-corrected chi connectivity index (χ1v) is 5.97. The minimum absolute atomic E-state index is 0.0269. The third kappa shape index (κ3) is 4.71. The number of rotatable bonds is 6. The summed E-state index contributed by atoms with van der Waals surface area (Å²) in [4.78, 5) is 11.3. The number of phenols is 1. The molecule has 1 amide bonds. The number of hydrogen-bond acceptors (Lipinski definition) is 3. The van der Waals surface area contributed by atoms with Crippen molar-refractivity contribution in [1.29, 1.82) is 0 Å². The molecule has 0 spiro atoms. The van der Waals surface area contributed by atoms with E-state index < -0.39 is 5.82 Å². The fraction of sp³-hybridized carbons (Fsp3) is 0.462. The van der Waals surface area contributed by atoms with Crippen LogP contribution in [0.2, 0.25) is 0 Å². The fourth-order valence-electron chi connectivity index (χ4n) is 1.52. The Balaban J connectivity index is 2.30. The molecule has 0 aliphatic carbocycles. The SMILES string of the molecule is CC(C)NC(=O)CCNCc1cccc(F)c1O. The molecule has 100 valence electrons. The Kier molecular flexibility index (Phi) is 5.58. The summed E-state index contributed by atoms with van der Waals surface area (Å²) in [5.41, 5.74) is 0.485. The monoisotopic (exact) mass is 254 g/mol. The van der Waals surface area contributed by atoms with Crippen molar-refractivity contribution in [3.05, 3.63) is 29.6 Å². The Hall–Kier alpha value is -1.62. The van der Waals surface area contributed by atoms with Crippen LogP contribution in [0.3, 0.4) is 0 Å². The highest BCUT2D eigenvalue weighted by molar-refractivity contribution is 5.76. The number of carbonyl (C=O) groups excluding carboxylic acids is 1. The zero-order chi connectivity index (χ0) is 13.5. The van der Waals surface area contributed by atoms with Gasteiger partial charge in [-0.15, -0.1) is 0 Å². The molecule has 1 aromatic rings. The van der Waals surface area contributed by atoms with E-state index in [-0.39, 0.29) is 17.7 Å². The van der Waals surface area contributed by atoms with Gasteiger partial charge in [0, 0.05) is 31.1 Å². The minimum Gasteiger partial charge on any atom is -0.505 e. The Morgan fingerprint density at radius 1 is 1.44 bits per heavy atom. The summed E-state index contributed by atoms with van der Waals surface area (Å²) in [5, 5.41) is 15.2. The van der Waals surface area contributed by atoms with E-state index in [4.69, 9.17) is 0 Å². The van der Waals surface area contributed by atoms with Crippen LogP contribution in [0.5, 0.6) is 5.75 Å². The van der Waals surface area contributed by atoms with Gasteiger partial charge < -0.3 is 15.7 Å². The van der Waals surface area contributed by atoms with Crippen LogP contribution in [-0.4, -0.2) is 23.6 Å². The summed E-state index contributed by atoms with van der Waals surface area (Å²) in [6.07, 6.45) is 0.355. The molecular weight excluding hydrogens is 235 g/mol. The molecule has 0 fully saturated rings. The van der Waals surface area contributed by atoms with Crippen molar-refractivity contribution >= 4 is 5.91 Å². The van der Waals surface area contributed by atoms with Crippen LogP contribution in [0.25, 0.3) is 0 Å². The number of phenolic OH excluding ortho intramolecular Hbond substituents is 1. The minimum atomic E-state index is -0.633. The van der Waals surface area contributed by atoms with Crippen LogP contribution in [0.15, 0.2) is 18.2 Å². The van der Waals surface area contributed by atoms with Gasteiger partial charge >= 0.3 is 0 Å². The Labute approximate surface area is 106 Å². The molecule has 4 nitrogen and oxygen atoms in total. The summed E-state index contributed by atoms with van der Waals surface area (Å²) in [6, 6.07) is 4.51. The fourth-order valence-corrected chi connectivity index (χ4v) is 1.52. The molecule has 0 saturated carbocycles. The molecule has 18 heavy (non-hydrogen) atoms. The lowest BCUT2D eigenvalue weighted by Crippen LogP contribution is -2.32. The normalized spacial score (nSPS) is 10.7. The Bertz CT molecular complexity index is 408. The van der Waals surface area contributed by atoms with Gasteiger partial charge in [-0.25, -0.2) is 4.39 Å². The molecule has 0 saturated heterocycles. The highest BCUT2D eigenvalue weighted by atomic mass is 19.1. The smallest absolute Gasteiger partial charge is 0.221 e. The second kappa shape index (κ2) is 6.96. The van der Waals surface area contributed by atoms with Gasteiger partial charge in [-0.3, -0.25) is 4.79 Å². The second-order valence-electron chi connectivity index (χ2n) is 4.40. The number of para-hydroxylation sites is 1. The zero-order valence-electron chi connectivity index (χ0n) is 10.7. The summed E-state index contributed by atoms with van der Waals surface area (Å²) in [6.45, 7) is 4.61. The van der Waals surface area contributed by atoms with Gasteiger partial charge in [-0.2, -0.15) is 0 Å².